The van der Waals surface area contributed by atoms with Gasteiger partial charge in [-0.1, -0.05) is 84.4 Å². The van der Waals surface area contributed by atoms with Crippen LogP contribution in [0.4, 0.5) is 0 Å². The third-order valence-corrected chi connectivity index (χ3v) is 6.97. The Balaban J connectivity index is 1.55. The van der Waals surface area contributed by atoms with Crippen LogP contribution in [0.25, 0.3) is 0 Å². The maximum absolute atomic E-state index is 6.20. The van der Waals surface area contributed by atoms with Gasteiger partial charge in [0.1, 0.15) is 0 Å². The summed E-state index contributed by atoms with van der Waals surface area (Å²) in [5.41, 5.74) is 3.84. The molecule has 0 amide bonds. The van der Waals surface area contributed by atoms with E-state index in [4.69, 9.17) is 16.6 Å². The lowest BCUT2D eigenvalue weighted by atomic mass is 9.71. The highest BCUT2D eigenvalue weighted by Gasteiger charge is 2.46. The standard InChI is InChI=1S/C27H27ClN2/c28-24-13-7-8-20(18-24)19-29-26-23-14-16-30(17-15-23)27(26)25(21-9-3-1-4-10-21)22-11-5-2-6-12-22/h1-13,18-19,23,25-27H,14-17H2/t26-,27+/m1/s1. The Morgan fingerprint density at radius 3 is 2.07 bits per heavy atom. The number of fused-ring (bicyclic) bond motifs is 3. The molecule has 6 rings (SSSR count). The van der Waals surface area contributed by atoms with Crippen molar-refractivity contribution < 1.29 is 0 Å². The van der Waals surface area contributed by atoms with Crippen LogP contribution in [0.2, 0.25) is 5.02 Å². The van der Waals surface area contributed by atoms with Crippen molar-refractivity contribution in [3.8, 4) is 0 Å². The minimum atomic E-state index is 0.289. The van der Waals surface area contributed by atoms with Crippen LogP contribution < -0.4 is 0 Å². The minimum Gasteiger partial charge on any atom is -0.297 e. The number of benzene rings is 3. The van der Waals surface area contributed by atoms with Crippen molar-refractivity contribution in [1.82, 2.24) is 4.90 Å². The molecule has 2 nitrogen and oxygen atoms in total. The molecule has 2 atom stereocenters. The van der Waals surface area contributed by atoms with Gasteiger partial charge < -0.3 is 0 Å². The van der Waals surface area contributed by atoms with Gasteiger partial charge in [0.05, 0.1) is 6.04 Å². The first-order chi connectivity index (χ1) is 14.8. The number of hydrogen-bond donors (Lipinski definition) is 0. The first-order valence-electron chi connectivity index (χ1n) is 10.9. The van der Waals surface area contributed by atoms with Crippen LogP contribution in [0.3, 0.4) is 0 Å². The summed E-state index contributed by atoms with van der Waals surface area (Å²) in [6, 6.07) is 30.6. The first-order valence-corrected chi connectivity index (χ1v) is 11.3. The molecule has 3 aliphatic rings. The summed E-state index contributed by atoms with van der Waals surface area (Å²) in [6.07, 6.45) is 4.52. The van der Waals surface area contributed by atoms with E-state index in [-0.39, 0.29) is 6.04 Å². The van der Waals surface area contributed by atoms with Gasteiger partial charge in [-0.15, -0.1) is 0 Å². The first kappa shape index (κ1) is 19.5. The van der Waals surface area contributed by atoms with E-state index in [9.17, 15) is 0 Å². The summed E-state index contributed by atoms with van der Waals surface area (Å²) in [7, 11) is 0. The van der Waals surface area contributed by atoms with E-state index >= 15 is 0 Å². The van der Waals surface area contributed by atoms with Gasteiger partial charge in [-0.2, -0.15) is 0 Å². The highest BCUT2D eigenvalue weighted by Crippen LogP contribution is 2.43. The number of halogens is 1. The maximum Gasteiger partial charge on any atom is 0.0693 e. The van der Waals surface area contributed by atoms with Crippen LogP contribution in [0.15, 0.2) is 89.9 Å². The number of aliphatic imine (C=N–C) groups is 1. The fourth-order valence-corrected chi connectivity index (χ4v) is 5.54. The number of hydrogen-bond acceptors (Lipinski definition) is 2. The van der Waals surface area contributed by atoms with Crippen LogP contribution in [0.5, 0.6) is 0 Å². The lowest BCUT2D eigenvalue weighted by Gasteiger charge is -2.52. The third kappa shape index (κ3) is 3.95. The number of nitrogens with zero attached hydrogens (tertiary/aromatic N) is 2. The molecule has 3 saturated heterocycles. The molecule has 2 bridgehead atoms. The van der Waals surface area contributed by atoms with Crippen molar-refractivity contribution in [2.24, 2.45) is 10.9 Å². The molecule has 0 spiro atoms. The van der Waals surface area contributed by atoms with Gasteiger partial charge in [0.25, 0.3) is 0 Å². The Bertz CT molecular complexity index is 954. The van der Waals surface area contributed by atoms with Gasteiger partial charge in [-0.3, -0.25) is 9.89 Å². The van der Waals surface area contributed by atoms with Gasteiger partial charge in [-0.05, 0) is 60.7 Å². The SMILES string of the molecule is Clc1cccc(C=N[C@@H]2C3CCN(CC3)[C@H]2C(c2ccccc2)c2ccccc2)c1. The van der Waals surface area contributed by atoms with Crippen molar-refractivity contribution in [2.75, 3.05) is 13.1 Å². The second kappa shape index (κ2) is 8.75. The Labute approximate surface area is 184 Å². The average Bonchev–Trinajstić information content (AvgIpc) is 2.81. The Hall–Kier alpha value is -2.42. The van der Waals surface area contributed by atoms with Gasteiger partial charge >= 0.3 is 0 Å². The normalized spacial score (nSPS) is 25.8. The monoisotopic (exact) mass is 414 g/mol. The Morgan fingerprint density at radius 2 is 1.47 bits per heavy atom. The molecule has 3 aliphatic heterocycles. The second-order valence-corrected chi connectivity index (χ2v) is 8.92. The van der Waals surface area contributed by atoms with Gasteiger partial charge in [-0.25, -0.2) is 0 Å². The van der Waals surface area contributed by atoms with E-state index in [0.717, 1.165) is 10.6 Å². The predicted molar refractivity (Wildman–Crippen MR) is 126 cm³/mol. The summed E-state index contributed by atoms with van der Waals surface area (Å²) in [5, 5.41) is 0.760. The number of piperidine rings is 3. The van der Waals surface area contributed by atoms with Crippen molar-refractivity contribution >= 4 is 17.8 Å². The van der Waals surface area contributed by atoms with Crippen LogP contribution >= 0.6 is 11.6 Å². The van der Waals surface area contributed by atoms with Crippen LogP contribution in [-0.4, -0.2) is 36.3 Å². The zero-order valence-electron chi connectivity index (χ0n) is 17.1. The van der Waals surface area contributed by atoms with Crippen LogP contribution in [-0.2, 0) is 0 Å². The highest BCUT2D eigenvalue weighted by molar-refractivity contribution is 6.30. The molecule has 0 N–H and O–H groups in total. The highest BCUT2D eigenvalue weighted by atomic mass is 35.5. The molecule has 0 saturated carbocycles. The topological polar surface area (TPSA) is 15.6 Å². The van der Waals surface area contributed by atoms with E-state index in [2.05, 4.69) is 71.6 Å². The largest absolute Gasteiger partial charge is 0.297 e. The number of rotatable bonds is 5. The molecule has 3 heterocycles. The smallest absolute Gasteiger partial charge is 0.0693 e. The molecule has 0 aromatic heterocycles. The van der Waals surface area contributed by atoms with Crippen molar-refractivity contribution in [3.05, 3.63) is 107 Å². The summed E-state index contributed by atoms with van der Waals surface area (Å²) >= 11 is 6.20. The molecular formula is C27H27ClN2. The van der Waals surface area contributed by atoms with Gasteiger partial charge in [0, 0.05) is 23.2 Å². The van der Waals surface area contributed by atoms with Gasteiger partial charge in [0.15, 0.2) is 0 Å². The second-order valence-electron chi connectivity index (χ2n) is 8.49. The lowest BCUT2D eigenvalue weighted by molar-refractivity contribution is 0.0215. The fourth-order valence-electron chi connectivity index (χ4n) is 5.34. The van der Waals surface area contributed by atoms with Gasteiger partial charge in [0.2, 0.25) is 0 Å². The maximum atomic E-state index is 6.20. The van der Waals surface area contributed by atoms with Crippen molar-refractivity contribution in [1.29, 1.82) is 0 Å². The molecule has 3 aromatic carbocycles. The summed E-state index contributed by atoms with van der Waals surface area (Å²) in [4.78, 5) is 7.89. The predicted octanol–water partition coefficient (Wildman–Crippen LogP) is 6.05. The molecule has 0 aliphatic carbocycles. The molecule has 0 radical (unpaired) electrons. The molecule has 0 unspecified atom stereocenters. The molecule has 3 fully saturated rings. The van der Waals surface area contributed by atoms with Crippen LogP contribution in [0.1, 0.15) is 35.4 Å². The molecule has 3 aromatic rings. The lowest BCUT2D eigenvalue weighted by Crippen LogP contribution is -2.59. The fraction of sp³-hybridized carbons (Fsp3) is 0.296. The third-order valence-electron chi connectivity index (χ3n) is 6.73. The molecule has 3 heteroatoms. The zero-order chi connectivity index (χ0) is 20.3. The Morgan fingerprint density at radius 1 is 0.833 bits per heavy atom. The Kier molecular flexibility index (Phi) is 5.70. The average molecular weight is 415 g/mol. The van der Waals surface area contributed by atoms with E-state index in [0.29, 0.717) is 17.9 Å². The summed E-state index contributed by atoms with van der Waals surface area (Å²) in [6.45, 7) is 2.35. The van der Waals surface area contributed by atoms with Crippen molar-refractivity contribution in [3.63, 3.8) is 0 Å². The minimum absolute atomic E-state index is 0.289. The van der Waals surface area contributed by atoms with E-state index in [1.165, 1.54) is 37.1 Å². The molecular weight excluding hydrogens is 388 g/mol. The summed E-state index contributed by atoms with van der Waals surface area (Å²) < 4.78 is 0. The van der Waals surface area contributed by atoms with E-state index in [1.807, 2.05) is 24.4 Å². The quantitative estimate of drug-likeness (QED) is 0.464. The summed E-state index contributed by atoms with van der Waals surface area (Å²) in [5.74, 6) is 0.961. The van der Waals surface area contributed by atoms with Crippen LogP contribution in [0, 0.1) is 5.92 Å². The molecule has 152 valence electrons. The van der Waals surface area contributed by atoms with Crippen molar-refractivity contribution in [2.45, 2.75) is 30.8 Å². The molecule has 30 heavy (non-hydrogen) atoms. The zero-order valence-corrected chi connectivity index (χ0v) is 17.8. The van der Waals surface area contributed by atoms with E-state index < -0.39 is 0 Å². The van der Waals surface area contributed by atoms with E-state index in [1.54, 1.807) is 0 Å².